The van der Waals surface area contributed by atoms with E-state index in [-0.39, 0.29) is 12.8 Å². The van der Waals surface area contributed by atoms with Gasteiger partial charge >= 0.3 is 0 Å². The van der Waals surface area contributed by atoms with Gasteiger partial charge in [0.05, 0.1) is 18.8 Å². The van der Waals surface area contributed by atoms with Crippen molar-refractivity contribution in [3.8, 4) is 0 Å². The molecule has 0 aromatic carbocycles. The molecular formula is C34H69NO4. The van der Waals surface area contributed by atoms with Gasteiger partial charge in [-0.25, -0.2) is 0 Å². The Morgan fingerprint density at radius 1 is 0.667 bits per heavy atom. The summed E-state index contributed by atoms with van der Waals surface area (Å²) < 4.78 is 68.9. The zero-order chi connectivity index (χ0) is 36.7. The number of carbonyl (C=O) groups excluding carboxylic acids is 1. The maximum absolute atomic E-state index is 12.4. The van der Waals surface area contributed by atoms with E-state index in [0.717, 1.165) is 51.4 Å². The summed E-state index contributed by atoms with van der Waals surface area (Å²) in [6.45, 7) is -1.44. The highest BCUT2D eigenvalue weighted by Gasteiger charge is 2.23. The van der Waals surface area contributed by atoms with Crippen molar-refractivity contribution in [3.63, 3.8) is 0 Å². The predicted molar refractivity (Wildman–Crippen MR) is 167 cm³/mol. The SMILES string of the molecule is [2H]C([2H])([2H])C([2H])([2H])C([2H])([2H])C([2H])([2H])CCCCCCCCCC[C@H](O)C(=O)N[C@@H](CO)[C@H](O)CCCCCCCCCCCCCCC. The van der Waals surface area contributed by atoms with Gasteiger partial charge in [0.2, 0.25) is 5.91 Å². The molecule has 39 heavy (non-hydrogen) atoms. The standard InChI is InChI=1S/C34H69NO4/c1-3-5-7-9-11-13-15-17-19-20-22-24-26-28-32(37)31(30-36)35-34(39)33(38)29-27-25-23-21-18-16-14-12-10-8-6-4-2/h31-33,36-38H,3-30H2,1-2H3,(H,35,39)/t31-,32+,33-/m0/s1/i2D3,4D2,6D2,8D2. The molecule has 0 fully saturated rings. The fourth-order valence-electron chi connectivity index (χ4n) is 4.96. The quantitative estimate of drug-likeness (QED) is 0.0634. The lowest BCUT2D eigenvalue weighted by Crippen LogP contribution is -2.49. The highest BCUT2D eigenvalue weighted by Crippen LogP contribution is 2.15. The van der Waals surface area contributed by atoms with E-state index in [2.05, 4.69) is 12.2 Å². The van der Waals surface area contributed by atoms with Crippen LogP contribution in [0, 0.1) is 0 Å². The largest absolute Gasteiger partial charge is 0.394 e. The predicted octanol–water partition coefficient (Wildman–Crippen LogP) is 8.76. The molecule has 0 bridgehead atoms. The van der Waals surface area contributed by atoms with Gasteiger partial charge < -0.3 is 20.6 Å². The van der Waals surface area contributed by atoms with E-state index in [1.165, 1.54) is 64.2 Å². The Kier molecular flexibility index (Phi) is 19.4. The molecule has 5 heteroatoms. The topological polar surface area (TPSA) is 89.8 Å². The molecule has 234 valence electrons. The van der Waals surface area contributed by atoms with E-state index in [9.17, 15) is 20.1 Å². The van der Waals surface area contributed by atoms with Gasteiger partial charge in [-0.05, 0) is 12.8 Å². The number of carbonyl (C=O) groups is 1. The summed E-state index contributed by atoms with van der Waals surface area (Å²) in [5.41, 5.74) is 0. The van der Waals surface area contributed by atoms with Crippen molar-refractivity contribution in [1.29, 1.82) is 0 Å². The molecular weight excluding hydrogens is 486 g/mol. The Labute approximate surface area is 256 Å². The van der Waals surface area contributed by atoms with E-state index >= 15 is 0 Å². The van der Waals surface area contributed by atoms with Crippen molar-refractivity contribution < 1.29 is 32.5 Å². The third-order valence-corrected chi connectivity index (χ3v) is 7.58. The van der Waals surface area contributed by atoms with E-state index < -0.39 is 56.7 Å². The average Bonchev–Trinajstić information content (AvgIpc) is 3.01. The van der Waals surface area contributed by atoms with Gasteiger partial charge in [-0.15, -0.1) is 0 Å². The molecule has 0 spiro atoms. The molecule has 0 aliphatic rings. The normalized spacial score (nSPS) is 18.7. The average molecular weight is 565 g/mol. The van der Waals surface area contributed by atoms with Crippen LogP contribution in [0.5, 0.6) is 0 Å². The molecule has 0 heterocycles. The fourth-order valence-corrected chi connectivity index (χ4v) is 4.96. The number of aliphatic hydroxyl groups excluding tert-OH is 3. The number of unbranched alkanes of at least 4 members (excludes halogenated alkanes) is 19. The van der Waals surface area contributed by atoms with Crippen LogP contribution in [0.4, 0.5) is 0 Å². The second-order valence-electron chi connectivity index (χ2n) is 11.2. The Morgan fingerprint density at radius 2 is 1.10 bits per heavy atom. The number of rotatable bonds is 31. The van der Waals surface area contributed by atoms with Gasteiger partial charge in [0.15, 0.2) is 0 Å². The number of amides is 1. The van der Waals surface area contributed by atoms with Crippen LogP contribution in [0.15, 0.2) is 0 Å². The first-order chi connectivity index (χ1) is 22.5. The van der Waals surface area contributed by atoms with Crippen LogP contribution < -0.4 is 5.32 Å². The van der Waals surface area contributed by atoms with Gasteiger partial charge in [-0.1, -0.05) is 174 Å². The Morgan fingerprint density at radius 3 is 1.56 bits per heavy atom. The van der Waals surface area contributed by atoms with Crippen LogP contribution in [0.3, 0.4) is 0 Å². The molecule has 1 amide bonds. The highest BCUT2D eigenvalue weighted by molar-refractivity contribution is 5.80. The van der Waals surface area contributed by atoms with Crippen molar-refractivity contribution >= 4 is 5.91 Å². The van der Waals surface area contributed by atoms with Crippen LogP contribution in [0.2, 0.25) is 0 Å². The minimum absolute atomic E-state index is 0.275. The summed E-state index contributed by atoms with van der Waals surface area (Å²) in [6, 6.07) is -0.804. The number of nitrogens with one attached hydrogen (secondary N) is 1. The molecule has 0 saturated carbocycles. The lowest BCUT2D eigenvalue weighted by molar-refractivity contribution is -0.131. The zero-order valence-electron chi connectivity index (χ0n) is 34.2. The van der Waals surface area contributed by atoms with Crippen LogP contribution in [0.1, 0.15) is 199 Å². The Hall–Kier alpha value is -0.650. The van der Waals surface area contributed by atoms with Crippen molar-refractivity contribution in [2.75, 3.05) is 6.61 Å². The van der Waals surface area contributed by atoms with Crippen LogP contribution in [-0.4, -0.2) is 46.1 Å². The third kappa shape index (κ3) is 26.0. The van der Waals surface area contributed by atoms with Crippen LogP contribution >= 0.6 is 0 Å². The van der Waals surface area contributed by atoms with Gasteiger partial charge in [0.25, 0.3) is 0 Å². The summed E-state index contributed by atoms with van der Waals surface area (Å²) >= 11 is 0. The van der Waals surface area contributed by atoms with Crippen LogP contribution in [0.25, 0.3) is 0 Å². The number of aliphatic hydroxyl groups is 3. The Bertz CT molecular complexity index is 816. The van der Waals surface area contributed by atoms with Gasteiger partial charge in [0.1, 0.15) is 6.10 Å². The van der Waals surface area contributed by atoms with Crippen molar-refractivity contribution in [3.05, 3.63) is 0 Å². The molecule has 5 nitrogen and oxygen atoms in total. The van der Waals surface area contributed by atoms with Gasteiger partial charge in [0, 0.05) is 12.3 Å². The minimum Gasteiger partial charge on any atom is -0.394 e. The molecule has 0 aromatic rings. The second kappa shape index (κ2) is 30.3. The van der Waals surface area contributed by atoms with E-state index in [1.54, 1.807) is 0 Å². The summed E-state index contributed by atoms with van der Waals surface area (Å²) in [5.74, 6) is -0.588. The molecule has 0 unspecified atom stereocenters. The Balaban J connectivity index is 3.99. The first-order valence-corrected chi connectivity index (χ1v) is 16.2. The van der Waals surface area contributed by atoms with Crippen molar-refractivity contribution in [1.82, 2.24) is 5.32 Å². The maximum atomic E-state index is 12.4. The molecule has 0 aliphatic carbocycles. The van der Waals surface area contributed by atoms with E-state index in [4.69, 9.17) is 12.3 Å². The lowest BCUT2D eigenvalue weighted by atomic mass is 10.0. The number of hydrogen-bond donors (Lipinski definition) is 4. The number of hydrogen-bond acceptors (Lipinski definition) is 4. The van der Waals surface area contributed by atoms with Crippen molar-refractivity contribution in [2.45, 2.75) is 205 Å². The van der Waals surface area contributed by atoms with Crippen molar-refractivity contribution in [2.24, 2.45) is 0 Å². The molecule has 3 atom stereocenters. The second-order valence-corrected chi connectivity index (χ2v) is 11.2. The first-order valence-electron chi connectivity index (χ1n) is 20.7. The molecule has 0 aliphatic heterocycles. The maximum Gasteiger partial charge on any atom is 0.249 e. The molecule has 0 radical (unpaired) electrons. The van der Waals surface area contributed by atoms with Crippen LogP contribution in [-0.2, 0) is 4.79 Å². The smallest absolute Gasteiger partial charge is 0.249 e. The fraction of sp³-hybridized carbons (Fsp3) is 0.971. The summed E-state index contributed by atoms with van der Waals surface area (Å²) in [7, 11) is 0. The van der Waals surface area contributed by atoms with E-state index in [0.29, 0.717) is 25.7 Å². The summed E-state index contributed by atoms with van der Waals surface area (Å²) in [4.78, 5) is 12.4. The zero-order valence-corrected chi connectivity index (χ0v) is 25.2. The first kappa shape index (κ1) is 24.9. The van der Waals surface area contributed by atoms with Gasteiger partial charge in [-0.2, -0.15) is 0 Å². The van der Waals surface area contributed by atoms with E-state index in [1.807, 2.05) is 0 Å². The molecule has 0 rings (SSSR count). The highest BCUT2D eigenvalue weighted by atomic mass is 16.3. The molecule has 0 aromatic heterocycles. The summed E-state index contributed by atoms with van der Waals surface area (Å²) in [6.07, 6.45) is 11.1. The minimum atomic E-state index is -3.31. The summed E-state index contributed by atoms with van der Waals surface area (Å²) in [5, 5.41) is 33.0. The monoisotopic (exact) mass is 565 g/mol. The van der Waals surface area contributed by atoms with Gasteiger partial charge in [-0.3, -0.25) is 4.79 Å². The lowest BCUT2D eigenvalue weighted by Gasteiger charge is -2.23. The third-order valence-electron chi connectivity index (χ3n) is 7.58. The molecule has 4 N–H and O–H groups in total. The molecule has 0 saturated heterocycles.